The van der Waals surface area contributed by atoms with Crippen molar-refractivity contribution in [1.82, 2.24) is 5.32 Å². The van der Waals surface area contributed by atoms with Crippen LogP contribution < -0.4 is 5.32 Å². The van der Waals surface area contributed by atoms with Crippen LogP contribution in [0.2, 0.25) is 0 Å². The first-order valence-electron chi connectivity index (χ1n) is 3.14. The van der Waals surface area contributed by atoms with Crippen molar-refractivity contribution in [2.45, 2.75) is 25.0 Å². The zero-order valence-electron chi connectivity index (χ0n) is 5.51. The lowest BCUT2D eigenvalue weighted by atomic mass is 9.92. The highest BCUT2D eigenvalue weighted by Crippen LogP contribution is 2.35. The van der Waals surface area contributed by atoms with Crippen molar-refractivity contribution >= 4 is 11.9 Å². The standard InChI is InChI=1S/C6H7NO3/c1-6-2-3(8)7-4(6)5(9)10-6/h4H,2H2,1H3,(H,7,8). The van der Waals surface area contributed by atoms with E-state index >= 15 is 0 Å². The fourth-order valence-corrected chi connectivity index (χ4v) is 1.42. The van der Waals surface area contributed by atoms with Gasteiger partial charge in [-0.2, -0.15) is 0 Å². The van der Waals surface area contributed by atoms with Gasteiger partial charge in [0.15, 0.2) is 6.04 Å². The third-order valence-electron chi connectivity index (χ3n) is 2.00. The molecule has 2 saturated heterocycles. The first-order valence-corrected chi connectivity index (χ1v) is 3.14. The Bertz CT molecular complexity index is 223. The Hall–Kier alpha value is -1.06. The van der Waals surface area contributed by atoms with Crippen LogP contribution in [0.1, 0.15) is 13.3 Å². The van der Waals surface area contributed by atoms with Gasteiger partial charge in [-0.3, -0.25) is 4.79 Å². The van der Waals surface area contributed by atoms with Crippen molar-refractivity contribution in [1.29, 1.82) is 0 Å². The Morgan fingerprint density at radius 1 is 1.70 bits per heavy atom. The van der Waals surface area contributed by atoms with Gasteiger partial charge in [-0.1, -0.05) is 0 Å². The van der Waals surface area contributed by atoms with Crippen molar-refractivity contribution in [2.24, 2.45) is 0 Å². The lowest BCUT2D eigenvalue weighted by Crippen LogP contribution is -2.60. The Kier molecular flexibility index (Phi) is 0.760. The molecule has 10 heavy (non-hydrogen) atoms. The molecule has 0 aromatic rings. The number of amides is 1. The van der Waals surface area contributed by atoms with Gasteiger partial charge < -0.3 is 10.1 Å². The van der Waals surface area contributed by atoms with E-state index in [1.165, 1.54) is 0 Å². The van der Waals surface area contributed by atoms with Crippen molar-refractivity contribution in [3.05, 3.63) is 0 Å². The molecule has 0 radical (unpaired) electrons. The maximum atomic E-state index is 10.7. The first-order chi connectivity index (χ1) is 4.62. The molecule has 0 bridgehead atoms. The lowest BCUT2D eigenvalue weighted by molar-refractivity contribution is -0.191. The van der Waals surface area contributed by atoms with Gasteiger partial charge in [-0.05, 0) is 6.92 Å². The number of esters is 1. The smallest absolute Gasteiger partial charge is 0.333 e. The van der Waals surface area contributed by atoms with E-state index < -0.39 is 5.60 Å². The molecule has 2 rings (SSSR count). The minimum Gasteiger partial charge on any atom is -0.454 e. The molecule has 1 amide bonds. The monoisotopic (exact) mass is 141 g/mol. The highest BCUT2D eigenvalue weighted by molar-refractivity contribution is 5.95. The second-order valence-corrected chi connectivity index (χ2v) is 2.91. The van der Waals surface area contributed by atoms with E-state index in [4.69, 9.17) is 4.74 Å². The molecule has 2 unspecified atom stereocenters. The lowest BCUT2D eigenvalue weighted by Gasteiger charge is -2.38. The van der Waals surface area contributed by atoms with Crippen LogP contribution in [-0.4, -0.2) is 23.5 Å². The van der Waals surface area contributed by atoms with E-state index in [0.717, 1.165) is 0 Å². The van der Waals surface area contributed by atoms with Gasteiger partial charge in [-0.25, -0.2) is 4.79 Å². The first kappa shape index (κ1) is 5.70. The molecule has 0 spiro atoms. The quantitative estimate of drug-likeness (QED) is 0.449. The minimum atomic E-state index is -0.534. The van der Waals surface area contributed by atoms with Gasteiger partial charge in [0.1, 0.15) is 5.60 Å². The van der Waals surface area contributed by atoms with E-state index in [-0.39, 0.29) is 17.9 Å². The molecule has 2 fully saturated rings. The van der Waals surface area contributed by atoms with Gasteiger partial charge in [0.2, 0.25) is 5.91 Å². The van der Waals surface area contributed by atoms with E-state index in [1.54, 1.807) is 6.92 Å². The second-order valence-electron chi connectivity index (χ2n) is 2.91. The molecular weight excluding hydrogens is 134 g/mol. The molecular formula is C6H7NO3. The highest BCUT2D eigenvalue weighted by Gasteiger charge is 2.59. The van der Waals surface area contributed by atoms with E-state index in [0.29, 0.717) is 6.42 Å². The number of carbonyl (C=O) groups is 2. The maximum Gasteiger partial charge on any atom is 0.333 e. The van der Waals surface area contributed by atoms with Crippen LogP contribution in [0, 0.1) is 0 Å². The minimum absolute atomic E-state index is 0.0987. The average molecular weight is 141 g/mol. The zero-order valence-corrected chi connectivity index (χ0v) is 5.51. The number of rotatable bonds is 0. The average Bonchev–Trinajstić information content (AvgIpc) is 2.03. The van der Waals surface area contributed by atoms with Crippen molar-refractivity contribution < 1.29 is 14.3 Å². The molecule has 0 aliphatic carbocycles. The van der Waals surface area contributed by atoms with Gasteiger partial charge in [0, 0.05) is 0 Å². The summed E-state index contributed by atoms with van der Waals surface area (Å²) in [5, 5.41) is 2.53. The van der Waals surface area contributed by atoms with Gasteiger partial charge >= 0.3 is 5.97 Å². The summed E-state index contributed by atoms with van der Waals surface area (Å²) in [4.78, 5) is 21.3. The third kappa shape index (κ3) is 0.465. The number of nitrogens with one attached hydrogen (secondary N) is 1. The van der Waals surface area contributed by atoms with Crippen LogP contribution in [0.25, 0.3) is 0 Å². The predicted molar refractivity (Wildman–Crippen MR) is 31.0 cm³/mol. The van der Waals surface area contributed by atoms with E-state index in [9.17, 15) is 9.59 Å². The Balaban J connectivity index is 2.26. The largest absolute Gasteiger partial charge is 0.454 e. The summed E-state index contributed by atoms with van der Waals surface area (Å²) in [5.74, 6) is -0.410. The fraction of sp³-hybridized carbons (Fsp3) is 0.667. The predicted octanol–water partition coefficient (Wildman–Crippen LogP) is -0.810. The summed E-state index contributed by atoms with van der Waals surface area (Å²) < 4.78 is 4.80. The molecule has 2 aliphatic heterocycles. The number of hydrogen-bond acceptors (Lipinski definition) is 3. The Morgan fingerprint density at radius 3 is 2.80 bits per heavy atom. The molecule has 4 heteroatoms. The molecule has 0 aromatic carbocycles. The summed E-state index contributed by atoms with van der Waals surface area (Å²) in [5.41, 5.74) is -0.534. The van der Waals surface area contributed by atoms with Crippen LogP contribution in [-0.2, 0) is 14.3 Å². The zero-order chi connectivity index (χ0) is 7.35. The molecule has 0 saturated carbocycles. The normalized spacial score (nSPS) is 43.5. The number of hydrogen-bond donors (Lipinski definition) is 1. The number of fused-ring (bicyclic) bond motifs is 1. The van der Waals surface area contributed by atoms with Crippen LogP contribution in [0.4, 0.5) is 0 Å². The molecule has 2 atom stereocenters. The summed E-state index contributed by atoms with van der Waals surface area (Å²) in [7, 11) is 0. The number of carbonyl (C=O) groups excluding carboxylic acids is 2. The SMILES string of the molecule is CC12CC(=O)NC1C(=O)O2. The summed E-state index contributed by atoms with van der Waals surface area (Å²) >= 11 is 0. The van der Waals surface area contributed by atoms with E-state index in [1.807, 2.05) is 0 Å². The maximum absolute atomic E-state index is 10.7. The topological polar surface area (TPSA) is 55.4 Å². The second kappa shape index (κ2) is 1.33. The summed E-state index contributed by atoms with van der Waals surface area (Å²) in [6.45, 7) is 1.76. The molecule has 0 aromatic heterocycles. The van der Waals surface area contributed by atoms with Crippen molar-refractivity contribution in [2.75, 3.05) is 0 Å². The number of ether oxygens (including phenoxy) is 1. The van der Waals surface area contributed by atoms with Crippen LogP contribution in [0.3, 0.4) is 0 Å². The van der Waals surface area contributed by atoms with E-state index in [2.05, 4.69) is 5.32 Å². The molecule has 4 nitrogen and oxygen atoms in total. The molecule has 1 N–H and O–H groups in total. The van der Waals surface area contributed by atoms with Crippen molar-refractivity contribution in [3.63, 3.8) is 0 Å². The van der Waals surface area contributed by atoms with Gasteiger partial charge in [0.05, 0.1) is 6.42 Å². The summed E-state index contributed by atoms with van der Waals surface area (Å²) in [6.07, 6.45) is 0.309. The molecule has 2 aliphatic rings. The van der Waals surface area contributed by atoms with Crippen LogP contribution in [0.5, 0.6) is 0 Å². The Labute approximate surface area is 57.5 Å². The highest BCUT2D eigenvalue weighted by atomic mass is 16.6. The molecule has 2 heterocycles. The third-order valence-corrected chi connectivity index (χ3v) is 2.00. The van der Waals surface area contributed by atoms with Gasteiger partial charge in [-0.15, -0.1) is 0 Å². The van der Waals surface area contributed by atoms with Gasteiger partial charge in [0.25, 0.3) is 0 Å². The molecule has 54 valence electrons. The summed E-state index contributed by atoms with van der Waals surface area (Å²) in [6, 6.07) is -0.375. The van der Waals surface area contributed by atoms with Crippen LogP contribution in [0.15, 0.2) is 0 Å². The van der Waals surface area contributed by atoms with Crippen molar-refractivity contribution in [3.8, 4) is 0 Å². The fourth-order valence-electron chi connectivity index (χ4n) is 1.42. The Morgan fingerprint density at radius 2 is 2.40 bits per heavy atom. The van der Waals surface area contributed by atoms with Crippen LogP contribution >= 0.6 is 0 Å².